The Bertz CT molecular complexity index is 1030. The minimum Gasteiger partial charge on any atom is -0.497 e. The van der Waals surface area contributed by atoms with Crippen molar-refractivity contribution in [2.24, 2.45) is 0 Å². The van der Waals surface area contributed by atoms with Gasteiger partial charge >= 0.3 is 0 Å². The monoisotopic (exact) mass is 426 g/mol. The van der Waals surface area contributed by atoms with E-state index in [1.807, 2.05) is 6.07 Å². The van der Waals surface area contributed by atoms with Gasteiger partial charge in [0.2, 0.25) is 5.91 Å². The maximum Gasteiger partial charge on any atom is 0.224 e. The third-order valence-corrected chi connectivity index (χ3v) is 4.75. The highest BCUT2D eigenvalue weighted by Gasteiger charge is 2.19. The first-order valence-electron chi connectivity index (χ1n) is 9.84. The lowest BCUT2D eigenvalue weighted by Gasteiger charge is -2.25. The molecule has 0 saturated carbocycles. The van der Waals surface area contributed by atoms with Crippen LogP contribution in [0.4, 0.5) is 14.5 Å². The van der Waals surface area contributed by atoms with E-state index in [2.05, 4.69) is 4.98 Å². The Morgan fingerprint density at radius 3 is 2.58 bits per heavy atom. The van der Waals surface area contributed by atoms with Crippen LogP contribution in [0.15, 0.2) is 60.8 Å². The molecule has 7 heteroatoms. The molecule has 3 rings (SSSR count). The van der Waals surface area contributed by atoms with E-state index in [4.69, 9.17) is 9.47 Å². The Labute approximate surface area is 180 Å². The number of methoxy groups -OCH3 is 1. The molecule has 0 atom stereocenters. The third-order valence-electron chi connectivity index (χ3n) is 4.75. The van der Waals surface area contributed by atoms with Crippen molar-refractivity contribution >= 4 is 11.6 Å². The molecule has 31 heavy (non-hydrogen) atoms. The summed E-state index contributed by atoms with van der Waals surface area (Å²) in [4.78, 5) is 18.6. The van der Waals surface area contributed by atoms with E-state index in [9.17, 15) is 13.6 Å². The Hall–Kier alpha value is -3.48. The Morgan fingerprint density at radius 1 is 1.13 bits per heavy atom. The Kier molecular flexibility index (Phi) is 7.54. The molecule has 0 fully saturated rings. The number of alkyl halides is 1. The number of nitrogens with zero attached hydrogens (tertiary/aromatic N) is 2. The normalized spacial score (nSPS) is 10.6. The summed E-state index contributed by atoms with van der Waals surface area (Å²) in [6, 6.07) is 14.9. The zero-order valence-electron chi connectivity index (χ0n) is 17.5. The van der Waals surface area contributed by atoms with Crippen LogP contribution in [-0.4, -0.2) is 31.3 Å². The highest BCUT2D eigenvalue weighted by Crippen LogP contribution is 2.29. The second kappa shape index (κ2) is 10.5. The van der Waals surface area contributed by atoms with Crippen LogP contribution in [0.25, 0.3) is 0 Å². The fraction of sp³-hybridized carbons (Fsp3) is 0.250. The van der Waals surface area contributed by atoms with Gasteiger partial charge in [0, 0.05) is 25.1 Å². The lowest BCUT2D eigenvalue weighted by Crippen LogP contribution is -2.29. The van der Waals surface area contributed by atoms with Crippen molar-refractivity contribution in [1.29, 1.82) is 0 Å². The second-order valence-electron chi connectivity index (χ2n) is 6.89. The summed E-state index contributed by atoms with van der Waals surface area (Å²) >= 11 is 0. The smallest absolute Gasteiger partial charge is 0.224 e. The van der Waals surface area contributed by atoms with Crippen LogP contribution < -0.4 is 14.4 Å². The summed E-state index contributed by atoms with van der Waals surface area (Å²) in [6.45, 7) is 0.960. The summed E-state index contributed by atoms with van der Waals surface area (Å²) in [6.07, 6.45) is 2.09. The van der Waals surface area contributed by atoms with Crippen molar-refractivity contribution in [3.63, 3.8) is 0 Å². The summed E-state index contributed by atoms with van der Waals surface area (Å²) in [7, 11) is 1.55. The number of benzene rings is 2. The molecular formula is C24H24F2N2O3. The molecule has 0 bridgehead atoms. The predicted molar refractivity (Wildman–Crippen MR) is 115 cm³/mol. The minimum atomic E-state index is -0.619. The summed E-state index contributed by atoms with van der Waals surface area (Å²) < 4.78 is 36.7. The highest BCUT2D eigenvalue weighted by atomic mass is 19.1. The number of carbonyl (C=O) groups is 1. The van der Waals surface area contributed by atoms with Crippen LogP contribution in [0.3, 0.4) is 0 Å². The molecular weight excluding hydrogens is 402 g/mol. The van der Waals surface area contributed by atoms with E-state index in [1.54, 1.807) is 54.6 Å². The number of carbonyl (C=O) groups excluding carboxylic acids is 1. The molecule has 2 aromatic carbocycles. The molecule has 1 aromatic heterocycles. The fourth-order valence-corrected chi connectivity index (χ4v) is 3.24. The van der Waals surface area contributed by atoms with Gasteiger partial charge in [-0.3, -0.25) is 9.78 Å². The first kappa shape index (κ1) is 22.2. The number of anilines is 1. The zero-order chi connectivity index (χ0) is 22.2. The maximum absolute atomic E-state index is 13.3. The van der Waals surface area contributed by atoms with Gasteiger partial charge in [0.25, 0.3) is 0 Å². The molecule has 3 aromatic rings. The first-order chi connectivity index (χ1) is 15.0. The average molecular weight is 426 g/mol. The van der Waals surface area contributed by atoms with E-state index >= 15 is 0 Å². The Morgan fingerprint density at radius 2 is 1.90 bits per heavy atom. The number of pyridine rings is 1. The molecule has 5 nitrogen and oxygen atoms in total. The first-order valence-corrected chi connectivity index (χ1v) is 9.84. The molecule has 1 amide bonds. The van der Waals surface area contributed by atoms with Gasteiger partial charge in [-0.15, -0.1) is 0 Å². The molecule has 0 radical (unpaired) electrons. The van der Waals surface area contributed by atoms with Gasteiger partial charge in [-0.2, -0.15) is 0 Å². The van der Waals surface area contributed by atoms with Crippen molar-refractivity contribution in [2.45, 2.75) is 19.9 Å². The van der Waals surface area contributed by atoms with Gasteiger partial charge in [-0.1, -0.05) is 12.1 Å². The van der Waals surface area contributed by atoms with Crippen molar-refractivity contribution in [3.05, 3.63) is 83.4 Å². The number of rotatable bonds is 9. The number of aromatic nitrogens is 1. The number of hydrogen-bond acceptors (Lipinski definition) is 4. The van der Waals surface area contributed by atoms with Crippen molar-refractivity contribution in [2.75, 3.05) is 25.3 Å². The molecule has 0 saturated heterocycles. The van der Waals surface area contributed by atoms with E-state index in [1.165, 1.54) is 19.1 Å². The van der Waals surface area contributed by atoms with Gasteiger partial charge in [0.15, 0.2) is 0 Å². The zero-order valence-corrected chi connectivity index (χ0v) is 17.5. The van der Waals surface area contributed by atoms with E-state index < -0.39 is 6.67 Å². The molecule has 0 spiro atoms. The summed E-state index contributed by atoms with van der Waals surface area (Å²) in [5, 5.41) is 0. The van der Waals surface area contributed by atoms with Crippen LogP contribution >= 0.6 is 0 Å². The SMILES string of the molecule is COc1ccc(OCCF)c(CN(C(C)=O)c2cccnc2Cc2ccc(F)cc2)c1. The van der Waals surface area contributed by atoms with Crippen LogP contribution in [0.1, 0.15) is 23.7 Å². The standard InChI is InChI=1S/C24H24F2N2O3/c1-17(29)28(16-19-15-21(30-2)9-10-24(19)31-13-11-25)23-4-3-12-27-22(23)14-18-5-7-20(26)8-6-18/h3-10,12,15H,11,13-14,16H2,1-2H3. The molecule has 162 valence electrons. The molecule has 0 aliphatic heterocycles. The van der Waals surface area contributed by atoms with Crippen LogP contribution in [-0.2, 0) is 17.8 Å². The van der Waals surface area contributed by atoms with Crippen molar-refractivity contribution < 1.29 is 23.0 Å². The molecule has 0 aliphatic carbocycles. The van der Waals surface area contributed by atoms with E-state index in [0.29, 0.717) is 34.9 Å². The highest BCUT2D eigenvalue weighted by molar-refractivity contribution is 5.92. The molecule has 1 heterocycles. The van der Waals surface area contributed by atoms with Crippen LogP contribution in [0.2, 0.25) is 0 Å². The maximum atomic E-state index is 13.3. The second-order valence-corrected chi connectivity index (χ2v) is 6.89. The molecule has 0 aliphatic rings. The van der Waals surface area contributed by atoms with Gasteiger partial charge in [0.05, 0.1) is 25.0 Å². The van der Waals surface area contributed by atoms with Gasteiger partial charge in [-0.25, -0.2) is 8.78 Å². The lowest BCUT2D eigenvalue weighted by atomic mass is 10.1. The topological polar surface area (TPSA) is 51.7 Å². The number of amides is 1. The largest absolute Gasteiger partial charge is 0.497 e. The van der Waals surface area contributed by atoms with Crippen molar-refractivity contribution in [1.82, 2.24) is 4.98 Å². The van der Waals surface area contributed by atoms with Crippen molar-refractivity contribution in [3.8, 4) is 11.5 Å². The number of hydrogen-bond donors (Lipinski definition) is 0. The van der Waals surface area contributed by atoms with Crippen LogP contribution in [0.5, 0.6) is 11.5 Å². The fourth-order valence-electron chi connectivity index (χ4n) is 3.24. The lowest BCUT2D eigenvalue weighted by molar-refractivity contribution is -0.116. The predicted octanol–water partition coefficient (Wildman–Crippen LogP) is 4.72. The Balaban J connectivity index is 1.95. The van der Waals surface area contributed by atoms with Crippen LogP contribution in [0, 0.1) is 5.82 Å². The number of ether oxygens (including phenoxy) is 2. The minimum absolute atomic E-state index is 0.0812. The van der Waals surface area contributed by atoms with Gasteiger partial charge < -0.3 is 14.4 Å². The van der Waals surface area contributed by atoms with E-state index in [0.717, 1.165) is 5.56 Å². The van der Waals surface area contributed by atoms with Gasteiger partial charge in [0.1, 0.15) is 30.6 Å². The van der Waals surface area contributed by atoms with Gasteiger partial charge in [-0.05, 0) is 48.0 Å². The summed E-state index contributed by atoms with van der Waals surface area (Å²) in [5.41, 5.74) is 2.87. The molecule has 0 unspecified atom stereocenters. The quantitative estimate of drug-likeness (QED) is 0.497. The average Bonchev–Trinajstić information content (AvgIpc) is 2.78. The molecule has 0 N–H and O–H groups in total. The number of halogens is 2. The summed E-state index contributed by atoms with van der Waals surface area (Å²) in [5.74, 6) is 0.583. The van der Waals surface area contributed by atoms with E-state index in [-0.39, 0.29) is 24.9 Å². The third kappa shape index (κ3) is 5.78.